The number of aliphatic hydroxyl groups is 1. The molecule has 1 unspecified atom stereocenters. The topological polar surface area (TPSA) is 78.0 Å². The first-order valence-corrected chi connectivity index (χ1v) is 5.40. The number of rotatable bonds is 4. The molecule has 1 rings (SSSR count). The number of hydrogen-bond donors (Lipinski definition) is 3. The van der Waals surface area contributed by atoms with E-state index in [4.69, 9.17) is 5.11 Å². The molecule has 1 heterocycles. The van der Waals surface area contributed by atoms with Crippen LogP contribution in [0.25, 0.3) is 0 Å². The fourth-order valence-electron chi connectivity index (χ4n) is 1.81. The van der Waals surface area contributed by atoms with Crippen molar-refractivity contribution in [2.75, 3.05) is 6.61 Å². The number of aromatic nitrogens is 2. The predicted molar refractivity (Wildman–Crippen MR) is 62.4 cm³/mol. The number of H-pyrrole nitrogens is 1. The van der Waals surface area contributed by atoms with Crippen molar-refractivity contribution in [2.45, 2.75) is 39.8 Å². The highest BCUT2D eigenvalue weighted by molar-refractivity contribution is 5.20. The number of nitrogens with zero attached hydrogens (tertiary/aromatic N) is 1. The molecule has 0 spiro atoms. The highest BCUT2D eigenvalue weighted by Gasteiger charge is 2.15. The van der Waals surface area contributed by atoms with Gasteiger partial charge in [-0.3, -0.25) is 4.79 Å². The lowest BCUT2D eigenvalue weighted by molar-refractivity contribution is 0.243. The zero-order chi connectivity index (χ0) is 12.3. The maximum atomic E-state index is 11.8. The van der Waals surface area contributed by atoms with Crippen LogP contribution < -0.4 is 10.9 Å². The smallest absolute Gasteiger partial charge is 0.255 e. The molecule has 16 heavy (non-hydrogen) atoms. The Morgan fingerprint density at radius 3 is 2.56 bits per heavy atom. The number of nitrogens with one attached hydrogen (secondary N) is 2. The van der Waals surface area contributed by atoms with Crippen LogP contribution in [0.4, 0.5) is 0 Å². The normalized spacial score (nSPS) is 14.8. The Bertz CT molecular complexity index is 414. The second-order valence-electron chi connectivity index (χ2n) is 4.12. The molecule has 0 aliphatic heterocycles. The first-order chi connectivity index (χ1) is 7.45. The van der Waals surface area contributed by atoms with E-state index >= 15 is 0 Å². The maximum absolute atomic E-state index is 11.8. The highest BCUT2D eigenvalue weighted by Crippen LogP contribution is 2.11. The fraction of sp³-hybridized carbons (Fsp3) is 0.636. The Morgan fingerprint density at radius 2 is 2.06 bits per heavy atom. The molecule has 0 aromatic carbocycles. The van der Waals surface area contributed by atoms with Crippen LogP contribution >= 0.6 is 0 Å². The largest absolute Gasteiger partial charge is 0.395 e. The number of hydrogen-bond acceptors (Lipinski definition) is 4. The molecule has 0 bridgehead atoms. The van der Waals surface area contributed by atoms with Crippen molar-refractivity contribution in [2.24, 2.45) is 0 Å². The minimum atomic E-state index is -0.126. The standard InChI is InChI=1S/C11H19N3O2/c1-6(5-15)12-7(2)10-8(3)13-9(4)14-11(10)16/h6-7,12,15H,5H2,1-4H3,(H,13,14,16)/t6-,7?/m1/s1. The zero-order valence-corrected chi connectivity index (χ0v) is 10.2. The Kier molecular flexibility index (Phi) is 4.20. The molecule has 90 valence electrons. The van der Waals surface area contributed by atoms with Gasteiger partial charge in [-0.25, -0.2) is 4.98 Å². The van der Waals surface area contributed by atoms with Crippen LogP contribution in [0.3, 0.4) is 0 Å². The van der Waals surface area contributed by atoms with Gasteiger partial charge in [0.25, 0.3) is 5.56 Å². The Morgan fingerprint density at radius 1 is 1.44 bits per heavy atom. The van der Waals surface area contributed by atoms with Crippen molar-refractivity contribution in [1.82, 2.24) is 15.3 Å². The van der Waals surface area contributed by atoms with Crippen LogP contribution in [-0.2, 0) is 0 Å². The van der Waals surface area contributed by atoms with Crippen molar-refractivity contribution in [3.8, 4) is 0 Å². The van der Waals surface area contributed by atoms with Gasteiger partial charge in [0, 0.05) is 17.8 Å². The monoisotopic (exact) mass is 225 g/mol. The molecule has 0 amide bonds. The number of aromatic amines is 1. The number of aryl methyl sites for hydroxylation is 2. The molecule has 2 atom stereocenters. The van der Waals surface area contributed by atoms with Gasteiger partial charge in [0.2, 0.25) is 0 Å². The summed E-state index contributed by atoms with van der Waals surface area (Å²) < 4.78 is 0. The second kappa shape index (κ2) is 5.23. The van der Waals surface area contributed by atoms with Crippen LogP contribution in [-0.4, -0.2) is 27.7 Å². The van der Waals surface area contributed by atoms with Crippen molar-refractivity contribution >= 4 is 0 Å². The van der Waals surface area contributed by atoms with Gasteiger partial charge < -0.3 is 15.4 Å². The van der Waals surface area contributed by atoms with E-state index in [9.17, 15) is 4.79 Å². The van der Waals surface area contributed by atoms with Gasteiger partial charge in [0.05, 0.1) is 12.2 Å². The van der Waals surface area contributed by atoms with Crippen LogP contribution in [0.5, 0.6) is 0 Å². The summed E-state index contributed by atoms with van der Waals surface area (Å²) in [6.07, 6.45) is 0. The van der Waals surface area contributed by atoms with E-state index in [1.54, 1.807) is 6.92 Å². The molecule has 0 aliphatic carbocycles. The third-order valence-corrected chi connectivity index (χ3v) is 2.51. The minimum absolute atomic E-state index is 0.0422. The van der Waals surface area contributed by atoms with Gasteiger partial charge in [-0.05, 0) is 27.7 Å². The third-order valence-electron chi connectivity index (χ3n) is 2.51. The van der Waals surface area contributed by atoms with E-state index in [0.29, 0.717) is 11.4 Å². The van der Waals surface area contributed by atoms with E-state index < -0.39 is 0 Å². The lowest BCUT2D eigenvalue weighted by atomic mass is 10.1. The lowest BCUT2D eigenvalue weighted by Gasteiger charge is -2.19. The SMILES string of the molecule is Cc1nc(C)c(C(C)N[C@H](C)CO)c(=O)[nH]1. The van der Waals surface area contributed by atoms with Gasteiger partial charge in [0.15, 0.2) is 0 Å². The number of aliphatic hydroxyl groups excluding tert-OH is 1. The molecule has 1 aromatic rings. The Labute approximate surface area is 94.9 Å². The summed E-state index contributed by atoms with van der Waals surface area (Å²) in [6, 6.07) is -0.172. The summed E-state index contributed by atoms with van der Waals surface area (Å²) in [6.45, 7) is 7.37. The quantitative estimate of drug-likeness (QED) is 0.694. The van der Waals surface area contributed by atoms with Gasteiger partial charge in [-0.2, -0.15) is 0 Å². The highest BCUT2D eigenvalue weighted by atomic mass is 16.3. The average molecular weight is 225 g/mol. The van der Waals surface area contributed by atoms with Gasteiger partial charge >= 0.3 is 0 Å². The Balaban J connectivity index is 3.00. The first-order valence-electron chi connectivity index (χ1n) is 5.40. The summed E-state index contributed by atoms with van der Waals surface area (Å²) in [7, 11) is 0. The molecule has 0 saturated heterocycles. The molecule has 0 saturated carbocycles. The summed E-state index contributed by atoms with van der Waals surface area (Å²) in [5, 5.41) is 12.1. The lowest BCUT2D eigenvalue weighted by Crippen LogP contribution is -2.35. The summed E-state index contributed by atoms with van der Waals surface area (Å²) in [5.41, 5.74) is 1.24. The molecule has 1 aromatic heterocycles. The molecule has 3 N–H and O–H groups in total. The zero-order valence-electron chi connectivity index (χ0n) is 10.2. The second-order valence-corrected chi connectivity index (χ2v) is 4.12. The molecule has 0 radical (unpaired) electrons. The van der Waals surface area contributed by atoms with E-state index in [1.165, 1.54) is 0 Å². The van der Waals surface area contributed by atoms with Crippen LogP contribution in [0.2, 0.25) is 0 Å². The predicted octanol–water partition coefficient (Wildman–Crippen LogP) is 0.418. The van der Waals surface area contributed by atoms with Gasteiger partial charge in [-0.15, -0.1) is 0 Å². The van der Waals surface area contributed by atoms with Crippen molar-refractivity contribution in [3.05, 3.63) is 27.4 Å². The van der Waals surface area contributed by atoms with Gasteiger partial charge in [0.1, 0.15) is 5.82 Å². The van der Waals surface area contributed by atoms with Crippen molar-refractivity contribution in [1.29, 1.82) is 0 Å². The van der Waals surface area contributed by atoms with E-state index in [2.05, 4.69) is 15.3 Å². The molecular formula is C11H19N3O2. The molecule has 5 heteroatoms. The van der Waals surface area contributed by atoms with Crippen molar-refractivity contribution < 1.29 is 5.11 Å². The van der Waals surface area contributed by atoms with E-state index in [1.807, 2.05) is 20.8 Å². The maximum Gasteiger partial charge on any atom is 0.255 e. The van der Waals surface area contributed by atoms with Crippen LogP contribution in [0.1, 0.15) is 37.0 Å². The first kappa shape index (κ1) is 12.9. The summed E-state index contributed by atoms with van der Waals surface area (Å²) >= 11 is 0. The third kappa shape index (κ3) is 2.90. The molecule has 0 fully saturated rings. The van der Waals surface area contributed by atoms with Crippen LogP contribution in [0, 0.1) is 13.8 Å². The molecule has 0 aliphatic rings. The molecular weight excluding hydrogens is 206 g/mol. The van der Waals surface area contributed by atoms with Crippen LogP contribution in [0.15, 0.2) is 4.79 Å². The summed E-state index contributed by atoms with van der Waals surface area (Å²) in [5.74, 6) is 0.619. The van der Waals surface area contributed by atoms with E-state index in [-0.39, 0.29) is 24.2 Å². The summed E-state index contributed by atoms with van der Waals surface area (Å²) in [4.78, 5) is 18.7. The minimum Gasteiger partial charge on any atom is -0.395 e. The molecule has 5 nitrogen and oxygen atoms in total. The van der Waals surface area contributed by atoms with E-state index in [0.717, 1.165) is 5.69 Å². The average Bonchev–Trinajstić information content (AvgIpc) is 2.15. The fourth-order valence-corrected chi connectivity index (χ4v) is 1.81. The van der Waals surface area contributed by atoms with Crippen molar-refractivity contribution in [3.63, 3.8) is 0 Å². The van der Waals surface area contributed by atoms with Gasteiger partial charge in [-0.1, -0.05) is 0 Å². The Hall–Kier alpha value is -1.20.